The Labute approximate surface area is 104 Å². The summed E-state index contributed by atoms with van der Waals surface area (Å²) in [6, 6.07) is 0. The van der Waals surface area contributed by atoms with Crippen LogP contribution >= 0.6 is 15.9 Å². The van der Waals surface area contributed by atoms with Gasteiger partial charge in [-0.3, -0.25) is 0 Å². The SMILES string of the molecule is OC(CCn1ccnc1)C1C=CC(Br)=CC1. The van der Waals surface area contributed by atoms with Crippen LogP contribution in [0.4, 0.5) is 0 Å². The molecule has 2 atom stereocenters. The smallest absolute Gasteiger partial charge is 0.0945 e. The highest BCUT2D eigenvalue weighted by Gasteiger charge is 2.17. The average Bonchev–Trinajstić information content (AvgIpc) is 2.80. The first-order chi connectivity index (χ1) is 7.75. The molecule has 3 nitrogen and oxygen atoms in total. The quantitative estimate of drug-likeness (QED) is 0.922. The predicted molar refractivity (Wildman–Crippen MR) is 67.1 cm³/mol. The fourth-order valence-corrected chi connectivity index (χ4v) is 2.15. The Morgan fingerprint density at radius 1 is 1.62 bits per heavy atom. The molecule has 1 aromatic heterocycles. The average molecular weight is 283 g/mol. The summed E-state index contributed by atoms with van der Waals surface area (Å²) in [5.74, 6) is 0.241. The van der Waals surface area contributed by atoms with Crippen LogP contribution in [0, 0.1) is 5.92 Å². The Balaban J connectivity index is 1.80. The molecular weight excluding hydrogens is 268 g/mol. The molecule has 86 valence electrons. The molecular formula is C12H15BrN2O. The van der Waals surface area contributed by atoms with Crippen molar-refractivity contribution in [3.63, 3.8) is 0 Å². The number of aliphatic hydroxyl groups is 1. The lowest BCUT2D eigenvalue weighted by molar-refractivity contribution is 0.116. The van der Waals surface area contributed by atoms with Crippen molar-refractivity contribution >= 4 is 15.9 Å². The number of hydrogen-bond acceptors (Lipinski definition) is 2. The van der Waals surface area contributed by atoms with Crippen molar-refractivity contribution in [1.29, 1.82) is 0 Å². The molecule has 0 saturated heterocycles. The lowest BCUT2D eigenvalue weighted by Crippen LogP contribution is -2.21. The number of hydrogen-bond donors (Lipinski definition) is 1. The number of imidazole rings is 1. The highest BCUT2D eigenvalue weighted by molar-refractivity contribution is 9.11. The monoisotopic (exact) mass is 282 g/mol. The largest absolute Gasteiger partial charge is 0.392 e. The van der Waals surface area contributed by atoms with Crippen molar-refractivity contribution in [2.75, 3.05) is 0 Å². The van der Waals surface area contributed by atoms with E-state index in [2.05, 4.69) is 33.1 Å². The minimum absolute atomic E-state index is 0.241. The van der Waals surface area contributed by atoms with E-state index in [9.17, 15) is 5.11 Å². The molecule has 0 fully saturated rings. The van der Waals surface area contributed by atoms with Gasteiger partial charge in [-0.25, -0.2) is 4.98 Å². The number of aliphatic hydroxyl groups excluding tert-OH is 1. The van der Waals surface area contributed by atoms with Gasteiger partial charge >= 0.3 is 0 Å². The molecule has 0 saturated carbocycles. The van der Waals surface area contributed by atoms with Gasteiger partial charge in [0.15, 0.2) is 0 Å². The molecule has 16 heavy (non-hydrogen) atoms. The zero-order valence-electron chi connectivity index (χ0n) is 8.96. The second-order valence-electron chi connectivity index (χ2n) is 4.00. The number of allylic oxidation sites excluding steroid dienone is 3. The zero-order valence-corrected chi connectivity index (χ0v) is 10.5. The summed E-state index contributed by atoms with van der Waals surface area (Å²) in [7, 11) is 0. The highest BCUT2D eigenvalue weighted by Crippen LogP contribution is 2.24. The van der Waals surface area contributed by atoms with Crippen molar-refractivity contribution in [2.45, 2.75) is 25.5 Å². The van der Waals surface area contributed by atoms with Gasteiger partial charge in [-0.05, 0) is 12.8 Å². The molecule has 2 rings (SSSR count). The Kier molecular flexibility index (Phi) is 3.96. The fourth-order valence-electron chi connectivity index (χ4n) is 1.81. The van der Waals surface area contributed by atoms with Crippen LogP contribution in [0.3, 0.4) is 0 Å². The first-order valence-electron chi connectivity index (χ1n) is 5.43. The van der Waals surface area contributed by atoms with Gasteiger partial charge in [-0.1, -0.05) is 34.2 Å². The minimum Gasteiger partial charge on any atom is -0.392 e. The number of aryl methyl sites for hydroxylation is 1. The first-order valence-corrected chi connectivity index (χ1v) is 6.22. The summed E-state index contributed by atoms with van der Waals surface area (Å²) in [5, 5.41) is 10.0. The van der Waals surface area contributed by atoms with Gasteiger partial charge in [-0.2, -0.15) is 0 Å². The molecule has 0 radical (unpaired) electrons. The lowest BCUT2D eigenvalue weighted by atomic mass is 9.93. The lowest BCUT2D eigenvalue weighted by Gasteiger charge is -2.20. The molecule has 1 aromatic rings. The molecule has 0 aliphatic heterocycles. The van der Waals surface area contributed by atoms with E-state index in [0.717, 1.165) is 23.9 Å². The topological polar surface area (TPSA) is 38.0 Å². The maximum atomic E-state index is 10.0. The van der Waals surface area contributed by atoms with Crippen LogP contribution in [0.2, 0.25) is 0 Å². The predicted octanol–water partition coefficient (Wildman–Crippen LogP) is 2.49. The number of rotatable bonds is 4. The summed E-state index contributed by atoms with van der Waals surface area (Å²) in [6.45, 7) is 0.816. The fraction of sp³-hybridized carbons (Fsp3) is 0.417. The summed E-state index contributed by atoms with van der Waals surface area (Å²) < 4.78 is 3.09. The van der Waals surface area contributed by atoms with Crippen LogP contribution in [0.1, 0.15) is 12.8 Å². The highest BCUT2D eigenvalue weighted by atomic mass is 79.9. The van der Waals surface area contributed by atoms with Crippen molar-refractivity contribution in [3.8, 4) is 0 Å². The van der Waals surface area contributed by atoms with Gasteiger partial charge in [0.05, 0.1) is 12.4 Å². The van der Waals surface area contributed by atoms with Gasteiger partial charge in [0.1, 0.15) is 0 Å². The Hall–Kier alpha value is -0.870. The van der Waals surface area contributed by atoms with Crippen LogP contribution in [0.5, 0.6) is 0 Å². The van der Waals surface area contributed by atoms with E-state index in [1.807, 2.05) is 16.8 Å². The molecule has 1 aliphatic rings. The standard InChI is InChI=1S/C12H15BrN2O/c13-11-3-1-10(2-4-11)12(16)5-7-15-8-6-14-9-15/h1,3-4,6,8-10,12,16H,2,5,7H2. The third-order valence-corrected chi connectivity index (χ3v) is 3.41. The van der Waals surface area contributed by atoms with Gasteiger partial charge in [0.2, 0.25) is 0 Å². The molecule has 0 spiro atoms. The normalized spacial score (nSPS) is 21.9. The Morgan fingerprint density at radius 3 is 3.12 bits per heavy atom. The van der Waals surface area contributed by atoms with Gasteiger partial charge in [-0.15, -0.1) is 0 Å². The van der Waals surface area contributed by atoms with Gasteiger partial charge in [0, 0.05) is 29.3 Å². The van der Waals surface area contributed by atoms with Crippen LogP contribution in [0.15, 0.2) is 41.4 Å². The second-order valence-corrected chi connectivity index (χ2v) is 4.92. The van der Waals surface area contributed by atoms with Gasteiger partial charge in [0.25, 0.3) is 0 Å². The minimum atomic E-state index is -0.282. The molecule has 0 bridgehead atoms. The van der Waals surface area contributed by atoms with E-state index in [1.54, 1.807) is 12.5 Å². The summed E-state index contributed by atoms with van der Waals surface area (Å²) in [6.07, 6.45) is 13.0. The number of nitrogens with zero attached hydrogens (tertiary/aromatic N) is 2. The molecule has 0 amide bonds. The summed E-state index contributed by atoms with van der Waals surface area (Å²) in [4.78, 5) is 3.97. The van der Waals surface area contributed by atoms with E-state index in [1.165, 1.54) is 0 Å². The van der Waals surface area contributed by atoms with E-state index < -0.39 is 0 Å². The first kappa shape index (κ1) is 11.6. The maximum Gasteiger partial charge on any atom is 0.0945 e. The number of halogens is 1. The van der Waals surface area contributed by atoms with Gasteiger partial charge < -0.3 is 9.67 Å². The van der Waals surface area contributed by atoms with Crippen LogP contribution in [-0.4, -0.2) is 20.8 Å². The van der Waals surface area contributed by atoms with Crippen LogP contribution < -0.4 is 0 Å². The van der Waals surface area contributed by atoms with Crippen molar-refractivity contribution in [1.82, 2.24) is 9.55 Å². The van der Waals surface area contributed by atoms with E-state index in [0.29, 0.717) is 0 Å². The Morgan fingerprint density at radius 2 is 2.50 bits per heavy atom. The van der Waals surface area contributed by atoms with Crippen molar-refractivity contribution in [2.24, 2.45) is 5.92 Å². The molecule has 1 aliphatic carbocycles. The van der Waals surface area contributed by atoms with E-state index >= 15 is 0 Å². The molecule has 2 unspecified atom stereocenters. The molecule has 4 heteroatoms. The van der Waals surface area contributed by atoms with Crippen molar-refractivity contribution < 1.29 is 5.11 Å². The van der Waals surface area contributed by atoms with E-state index in [4.69, 9.17) is 0 Å². The zero-order chi connectivity index (χ0) is 11.4. The van der Waals surface area contributed by atoms with Crippen LogP contribution in [-0.2, 0) is 6.54 Å². The number of aromatic nitrogens is 2. The van der Waals surface area contributed by atoms with Crippen molar-refractivity contribution in [3.05, 3.63) is 41.4 Å². The molecule has 0 aromatic carbocycles. The molecule has 1 N–H and O–H groups in total. The summed E-state index contributed by atoms with van der Waals surface area (Å²) >= 11 is 3.42. The third kappa shape index (κ3) is 3.06. The molecule has 1 heterocycles. The van der Waals surface area contributed by atoms with Crippen LogP contribution in [0.25, 0.3) is 0 Å². The summed E-state index contributed by atoms with van der Waals surface area (Å²) in [5.41, 5.74) is 0. The van der Waals surface area contributed by atoms with E-state index in [-0.39, 0.29) is 12.0 Å². The third-order valence-electron chi connectivity index (χ3n) is 2.82. The maximum absolute atomic E-state index is 10.0. The Bertz CT molecular complexity index is 384. The second kappa shape index (κ2) is 5.46.